The van der Waals surface area contributed by atoms with Crippen LogP contribution in [0.5, 0.6) is 5.75 Å². The second-order valence-electron chi connectivity index (χ2n) is 4.78. The number of aliphatic hydroxyl groups is 1. The van der Waals surface area contributed by atoms with Crippen molar-refractivity contribution in [1.82, 2.24) is 4.90 Å². The summed E-state index contributed by atoms with van der Waals surface area (Å²) in [6, 6.07) is 8.10. The van der Waals surface area contributed by atoms with Gasteiger partial charge < -0.3 is 9.84 Å². The van der Waals surface area contributed by atoms with Crippen molar-refractivity contribution in [2.75, 3.05) is 26.7 Å². The van der Waals surface area contributed by atoms with E-state index in [1.165, 1.54) is 11.1 Å². The van der Waals surface area contributed by atoms with Gasteiger partial charge in [0, 0.05) is 25.6 Å². The lowest BCUT2D eigenvalue weighted by Gasteiger charge is -2.23. The first-order chi connectivity index (χ1) is 8.28. The number of nitrogens with zero attached hydrogens (tertiary/aromatic N) is 1. The van der Waals surface area contributed by atoms with E-state index < -0.39 is 0 Å². The number of aliphatic hydroxyl groups excluding tert-OH is 1. The predicted molar refractivity (Wildman–Crippen MR) is 66.9 cm³/mol. The van der Waals surface area contributed by atoms with Crippen LogP contribution in [0.3, 0.4) is 0 Å². The van der Waals surface area contributed by atoms with Gasteiger partial charge in [-0.05, 0) is 23.3 Å². The molecule has 2 bridgehead atoms. The fourth-order valence-electron chi connectivity index (χ4n) is 2.82. The van der Waals surface area contributed by atoms with E-state index in [2.05, 4.69) is 23.1 Å². The minimum atomic E-state index is -0.217. The standard InChI is InChI=1S/C14H17NO2/c1-17-11-4-2-10(3-5-11)12-6-7-15-8-13(12)14(16)9-15/h2-6,13-14,16H,7-9H2,1H3/t13-,14-/m1/s1. The predicted octanol–water partition coefficient (Wildman–Crippen LogP) is 1.38. The van der Waals surface area contributed by atoms with Crippen molar-refractivity contribution in [3.63, 3.8) is 0 Å². The summed E-state index contributed by atoms with van der Waals surface area (Å²) < 4.78 is 5.16. The molecule has 0 aliphatic carbocycles. The molecule has 2 heterocycles. The average molecular weight is 231 g/mol. The first-order valence-electron chi connectivity index (χ1n) is 6.03. The molecular formula is C14H17NO2. The lowest BCUT2D eigenvalue weighted by Crippen LogP contribution is -2.24. The number of fused-ring (bicyclic) bond motifs is 2. The molecule has 3 heteroatoms. The van der Waals surface area contributed by atoms with Crippen LogP contribution in [-0.2, 0) is 0 Å². The van der Waals surface area contributed by atoms with E-state index >= 15 is 0 Å². The molecule has 1 N–H and O–H groups in total. The SMILES string of the molecule is COc1ccc(C2=CCN3C[C@@H](O)[C@@H]2C3)cc1. The van der Waals surface area contributed by atoms with Gasteiger partial charge in [-0.25, -0.2) is 0 Å². The van der Waals surface area contributed by atoms with Gasteiger partial charge in [-0.2, -0.15) is 0 Å². The van der Waals surface area contributed by atoms with E-state index in [-0.39, 0.29) is 12.0 Å². The van der Waals surface area contributed by atoms with Crippen molar-refractivity contribution in [1.29, 1.82) is 0 Å². The monoisotopic (exact) mass is 231 g/mol. The van der Waals surface area contributed by atoms with Gasteiger partial charge in [0.1, 0.15) is 5.75 Å². The van der Waals surface area contributed by atoms with Gasteiger partial charge in [0.05, 0.1) is 13.2 Å². The maximum absolute atomic E-state index is 10.0. The number of methoxy groups -OCH3 is 1. The van der Waals surface area contributed by atoms with Crippen molar-refractivity contribution in [3.8, 4) is 5.75 Å². The average Bonchev–Trinajstić information content (AvgIpc) is 2.66. The Morgan fingerprint density at radius 2 is 2.00 bits per heavy atom. The highest BCUT2D eigenvalue weighted by molar-refractivity contribution is 5.70. The first kappa shape index (κ1) is 10.8. The molecule has 1 aromatic carbocycles. The molecule has 0 saturated carbocycles. The molecule has 2 aliphatic heterocycles. The molecular weight excluding hydrogens is 214 g/mol. The van der Waals surface area contributed by atoms with E-state index in [0.717, 1.165) is 25.4 Å². The Labute approximate surface area is 101 Å². The zero-order chi connectivity index (χ0) is 11.8. The van der Waals surface area contributed by atoms with Crippen LogP contribution in [-0.4, -0.2) is 42.9 Å². The van der Waals surface area contributed by atoms with Crippen LogP contribution in [0, 0.1) is 5.92 Å². The number of hydrogen-bond donors (Lipinski definition) is 1. The molecule has 3 rings (SSSR count). The lowest BCUT2D eigenvalue weighted by atomic mass is 9.89. The van der Waals surface area contributed by atoms with E-state index in [0.29, 0.717) is 0 Å². The zero-order valence-corrected chi connectivity index (χ0v) is 9.97. The maximum atomic E-state index is 10.0. The number of ether oxygens (including phenoxy) is 1. The molecule has 0 aromatic heterocycles. The van der Waals surface area contributed by atoms with Gasteiger partial charge in [0.15, 0.2) is 0 Å². The van der Waals surface area contributed by atoms with Gasteiger partial charge in [0.2, 0.25) is 0 Å². The first-order valence-corrected chi connectivity index (χ1v) is 6.03. The van der Waals surface area contributed by atoms with Gasteiger partial charge in [-0.1, -0.05) is 18.2 Å². The Balaban J connectivity index is 1.90. The van der Waals surface area contributed by atoms with Crippen LogP contribution in [0.15, 0.2) is 30.3 Å². The Bertz CT molecular complexity index is 438. The third-order valence-electron chi connectivity index (χ3n) is 3.76. The van der Waals surface area contributed by atoms with Crippen molar-refractivity contribution in [3.05, 3.63) is 35.9 Å². The minimum Gasteiger partial charge on any atom is -0.497 e. The molecule has 0 amide bonds. The van der Waals surface area contributed by atoms with E-state index in [4.69, 9.17) is 4.74 Å². The van der Waals surface area contributed by atoms with E-state index in [9.17, 15) is 5.11 Å². The highest BCUT2D eigenvalue weighted by Crippen LogP contribution is 2.35. The van der Waals surface area contributed by atoms with E-state index in [1.807, 2.05) is 12.1 Å². The Hall–Kier alpha value is -1.32. The maximum Gasteiger partial charge on any atom is 0.118 e. The summed E-state index contributed by atoms with van der Waals surface area (Å²) in [4.78, 5) is 2.29. The summed E-state index contributed by atoms with van der Waals surface area (Å²) in [6.07, 6.45) is 2.03. The van der Waals surface area contributed by atoms with Crippen LogP contribution >= 0.6 is 0 Å². The lowest BCUT2D eigenvalue weighted by molar-refractivity contribution is 0.164. The number of hydrogen-bond acceptors (Lipinski definition) is 3. The molecule has 1 unspecified atom stereocenters. The summed E-state index contributed by atoms with van der Waals surface area (Å²) >= 11 is 0. The normalized spacial score (nSPS) is 31.2. The van der Waals surface area contributed by atoms with Crippen molar-refractivity contribution in [2.24, 2.45) is 5.92 Å². The summed E-state index contributed by atoms with van der Waals surface area (Å²) in [6.45, 7) is 2.74. The van der Waals surface area contributed by atoms with Gasteiger partial charge in [-0.3, -0.25) is 4.90 Å². The molecule has 0 spiro atoms. The minimum absolute atomic E-state index is 0.217. The molecule has 0 radical (unpaired) electrons. The van der Waals surface area contributed by atoms with Crippen LogP contribution < -0.4 is 4.74 Å². The van der Waals surface area contributed by atoms with Crippen molar-refractivity contribution >= 4 is 5.57 Å². The van der Waals surface area contributed by atoms with E-state index in [1.54, 1.807) is 7.11 Å². The molecule has 1 fully saturated rings. The second kappa shape index (κ2) is 4.17. The van der Waals surface area contributed by atoms with Crippen LogP contribution in [0.1, 0.15) is 5.56 Å². The summed E-state index contributed by atoms with van der Waals surface area (Å²) in [7, 11) is 1.67. The zero-order valence-electron chi connectivity index (χ0n) is 9.97. The Morgan fingerprint density at radius 1 is 1.24 bits per heavy atom. The third-order valence-corrected chi connectivity index (χ3v) is 3.76. The fourth-order valence-corrected chi connectivity index (χ4v) is 2.82. The summed E-state index contributed by atoms with van der Waals surface area (Å²) in [5, 5.41) is 10.0. The number of benzene rings is 1. The molecule has 2 aliphatic rings. The Morgan fingerprint density at radius 3 is 2.71 bits per heavy atom. The van der Waals surface area contributed by atoms with Gasteiger partial charge in [0.25, 0.3) is 0 Å². The van der Waals surface area contributed by atoms with Crippen molar-refractivity contribution in [2.45, 2.75) is 6.10 Å². The molecule has 90 valence electrons. The van der Waals surface area contributed by atoms with Gasteiger partial charge in [-0.15, -0.1) is 0 Å². The van der Waals surface area contributed by atoms with Crippen LogP contribution in [0.4, 0.5) is 0 Å². The summed E-state index contributed by atoms with van der Waals surface area (Å²) in [5.74, 6) is 1.15. The Kier molecular flexibility index (Phi) is 2.65. The molecule has 1 aromatic rings. The van der Waals surface area contributed by atoms with Gasteiger partial charge >= 0.3 is 0 Å². The molecule has 1 saturated heterocycles. The highest BCUT2D eigenvalue weighted by atomic mass is 16.5. The molecule has 17 heavy (non-hydrogen) atoms. The highest BCUT2D eigenvalue weighted by Gasteiger charge is 2.36. The second-order valence-corrected chi connectivity index (χ2v) is 4.78. The fraction of sp³-hybridized carbons (Fsp3) is 0.429. The largest absolute Gasteiger partial charge is 0.497 e. The van der Waals surface area contributed by atoms with Crippen molar-refractivity contribution < 1.29 is 9.84 Å². The van der Waals surface area contributed by atoms with Crippen LogP contribution in [0.2, 0.25) is 0 Å². The number of rotatable bonds is 2. The third kappa shape index (κ3) is 1.85. The quantitative estimate of drug-likeness (QED) is 0.834. The summed E-state index contributed by atoms with van der Waals surface area (Å²) in [5.41, 5.74) is 2.49. The molecule has 3 nitrogen and oxygen atoms in total. The topological polar surface area (TPSA) is 32.7 Å². The smallest absolute Gasteiger partial charge is 0.118 e. The van der Waals surface area contributed by atoms with Crippen LogP contribution in [0.25, 0.3) is 5.57 Å². The molecule has 3 atom stereocenters.